The molecule has 1 heterocycles. The van der Waals surface area contributed by atoms with E-state index in [0.29, 0.717) is 12.2 Å². The highest BCUT2D eigenvalue weighted by atomic mass is 16.2. The number of nitrogens with zero attached hydrogens (tertiary/aromatic N) is 2. The normalized spacial score (nSPS) is 11.0. The van der Waals surface area contributed by atoms with Crippen LogP contribution in [0.5, 0.6) is 0 Å². The van der Waals surface area contributed by atoms with Crippen molar-refractivity contribution in [3.63, 3.8) is 0 Å². The number of likely N-dealkylation sites (N-methyl/N-ethyl adjacent to an activating group) is 1. The monoisotopic (exact) mass is 283 g/mol. The van der Waals surface area contributed by atoms with Gasteiger partial charge in [-0.1, -0.05) is 49.4 Å². The summed E-state index contributed by atoms with van der Waals surface area (Å²) >= 11 is 0. The lowest BCUT2D eigenvalue weighted by Crippen LogP contribution is -2.27. The number of carbonyl (C=O) groups is 1. The van der Waals surface area contributed by atoms with E-state index in [0.717, 1.165) is 23.2 Å². The van der Waals surface area contributed by atoms with Crippen LogP contribution in [0.3, 0.4) is 0 Å². The Kier molecular flexibility index (Phi) is 4.93. The smallest absolute Gasteiger partial charge is 0.274 e. The number of aromatic amines is 1. The molecule has 0 saturated heterocycles. The Balaban J connectivity index is 1.99. The first-order valence-electron chi connectivity index (χ1n) is 7.14. The quantitative estimate of drug-likeness (QED) is 0.916. The highest BCUT2D eigenvalue weighted by Gasteiger charge is 2.18. The standard InChI is InChI=1S/C17H21N3O/c1-4-15-13(2)16(19-18-15)17(21)20(3)12-8-11-14-9-6-5-7-10-14/h5-11H,4,12H2,1-3H3,(H,18,19). The third-order valence-electron chi connectivity index (χ3n) is 3.50. The molecule has 0 atom stereocenters. The van der Waals surface area contributed by atoms with Crippen molar-refractivity contribution in [1.29, 1.82) is 0 Å². The van der Waals surface area contributed by atoms with Crippen LogP contribution in [-0.4, -0.2) is 34.6 Å². The van der Waals surface area contributed by atoms with E-state index >= 15 is 0 Å². The van der Waals surface area contributed by atoms with Crippen LogP contribution in [0.4, 0.5) is 0 Å². The van der Waals surface area contributed by atoms with E-state index in [1.165, 1.54) is 0 Å². The molecule has 0 bridgehead atoms. The predicted molar refractivity (Wildman–Crippen MR) is 85.1 cm³/mol. The summed E-state index contributed by atoms with van der Waals surface area (Å²) in [5, 5.41) is 7.06. The molecule has 1 aromatic heterocycles. The maximum atomic E-state index is 12.3. The molecular weight excluding hydrogens is 262 g/mol. The van der Waals surface area contributed by atoms with E-state index in [-0.39, 0.29) is 5.91 Å². The van der Waals surface area contributed by atoms with Crippen LogP contribution in [0.15, 0.2) is 36.4 Å². The van der Waals surface area contributed by atoms with Gasteiger partial charge in [-0.15, -0.1) is 0 Å². The minimum Gasteiger partial charge on any atom is -0.337 e. The maximum Gasteiger partial charge on any atom is 0.274 e. The van der Waals surface area contributed by atoms with E-state index in [1.807, 2.05) is 56.3 Å². The lowest BCUT2D eigenvalue weighted by Gasteiger charge is -2.13. The van der Waals surface area contributed by atoms with Crippen LogP contribution in [0.1, 0.15) is 34.2 Å². The number of H-pyrrole nitrogens is 1. The van der Waals surface area contributed by atoms with Crippen molar-refractivity contribution < 1.29 is 4.79 Å². The molecule has 1 N–H and O–H groups in total. The third-order valence-corrected chi connectivity index (χ3v) is 3.50. The summed E-state index contributed by atoms with van der Waals surface area (Å²) < 4.78 is 0. The van der Waals surface area contributed by atoms with Crippen molar-refractivity contribution in [2.75, 3.05) is 13.6 Å². The molecule has 0 aliphatic heterocycles. The Morgan fingerprint density at radius 1 is 1.33 bits per heavy atom. The minimum absolute atomic E-state index is 0.0545. The van der Waals surface area contributed by atoms with Crippen LogP contribution in [0.2, 0.25) is 0 Å². The zero-order valence-corrected chi connectivity index (χ0v) is 12.8. The van der Waals surface area contributed by atoms with Crippen LogP contribution in [-0.2, 0) is 6.42 Å². The first-order chi connectivity index (χ1) is 10.1. The molecule has 1 aromatic carbocycles. The molecular formula is C17H21N3O. The third kappa shape index (κ3) is 3.60. The summed E-state index contributed by atoms with van der Waals surface area (Å²) in [5.74, 6) is -0.0545. The van der Waals surface area contributed by atoms with Crippen LogP contribution in [0.25, 0.3) is 6.08 Å². The minimum atomic E-state index is -0.0545. The fraction of sp³-hybridized carbons (Fsp3) is 0.294. The Labute approximate surface area is 125 Å². The van der Waals surface area contributed by atoms with Crippen LogP contribution < -0.4 is 0 Å². The summed E-state index contributed by atoms with van der Waals surface area (Å²) in [5.41, 5.74) is 3.61. The molecule has 0 unspecified atom stereocenters. The van der Waals surface area contributed by atoms with Crippen molar-refractivity contribution in [2.45, 2.75) is 20.3 Å². The molecule has 2 rings (SSSR count). The van der Waals surface area contributed by atoms with E-state index in [9.17, 15) is 4.79 Å². The second-order valence-electron chi connectivity index (χ2n) is 5.03. The van der Waals surface area contributed by atoms with E-state index in [1.54, 1.807) is 11.9 Å². The van der Waals surface area contributed by atoms with Gasteiger partial charge in [0.15, 0.2) is 5.69 Å². The average Bonchev–Trinajstić information content (AvgIpc) is 2.88. The molecule has 0 aliphatic carbocycles. The van der Waals surface area contributed by atoms with Gasteiger partial charge in [0.2, 0.25) is 0 Å². The largest absolute Gasteiger partial charge is 0.337 e. The lowest BCUT2D eigenvalue weighted by molar-refractivity contribution is 0.0804. The molecule has 0 radical (unpaired) electrons. The molecule has 0 aliphatic rings. The topological polar surface area (TPSA) is 49.0 Å². The molecule has 0 fully saturated rings. The Hall–Kier alpha value is -2.36. The fourth-order valence-corrected chi connectivity index (χ4v) is 2.16. The predicted octanol–water partition coefficient (Wildman–Crippen LogP) is 3.07. The molecule has 2 aromatic rings. The van der Waals surface area contributed by atoms with Crippen molar-refractivity contribution >= 4 is 12.0 Å². The van der Waals surface area contributed by atoms with Gasteiger partial charge in [-0.3, -0.25) is 9.89 Å². The summed E-state index contributed by atoms with van der Waals surface area (Å²) in [4.78, 5) is 14.0. The first kappa shape index (κ1) is 15.0. The maximum absolute atomic E-state index is 12.3. The van der Waals surface area contributed by atoms with Gasteiger partial charge in [-0.05, 0) is 18.9 Å². The van der Waals surface area contributed by atoms with Gasteiger partial charge in [-0.25, -0.2) is 0 Å². The van der Waals surface area contributed by atoms with Gasteiger partial charge in [0.05, 0.1) is 0 Å². The SMILES string of the molecule is CCc1[nH]nc(C(=O)N(C)CC=Cc2ccccc2)c1C. The summed E-state index contributed by atoms with van der Waals surface area (Å²) in [6.45, 7) is 4.53. The molecule has 110 valence electrons. The number of aromatic nitrogens is 2. The highest BCUT2D eigenvalue weighted by molar-refractivity contribution is 5.93. The van der Waals surface area contributed by atoms with E-state index in [2.05, 4.69) is 10.2 Å². The van der Waals surface area contributed by atoms with Gasteiger partial charge in [0.1, 0.15) is 0 Å². The van der Waals surface area contributed by atoms with Gasteiger partial charge in [0.25, 0.3) is 5.91 Å². The van der Waals surface area contributed by atoms with Crippen molar-refractivity contribution in [3.8, 4) is 0 Å². The number of nitrogens with one attached hydrogen (secondary N) is 1. The number of hydrogen-bond acceptors (Lipinski definition) is 2. The zero-order valence-electron chi connectivity index (χ0n) is 12.8. The van der Waals surface area contributed by atoms with Crippen molar-refractivity contribution in [2.24, 2.45) is 0 Å². The summed E-state index contributed by atoms with van der Waals surface area (Å²) in [6.07, 6.45) is 4.85. The highest BCUT2D eigenvalue weighted by Crippen LogP contribution is 2.12. The van der Waals surface area contributed by atoms with Gasteiger partial charge in [0, 0.05) is 24.8 Å². The first-order valence-corrected chi connectivity index (χ1v) is 7.14. The summed E-state index contributed by atoms with van der Waals surface area (Å²) in [7, 11) is 1.79. The average molecular weight is 283 g/mol. The molecule has 0 spiro atoms. The summed E-state index contributed by atoms with van der Waals surface area (Å²) in [6, 6.07) is 10.0. The number of benzene rings is 1. The Morgan fingerprint density at radius 2 is 2.05 bits per heavy atom. The zero-order chi connectivity index (χ0) is 15.2. The molecule has 1 amide bonds. The molecule has 4 nitrogen and oxygen atoms in total. The van der Waals surface area contributed by atoms with E-state index < -0.39 is 0 Å². The number of rotatable bonds is 5. The second-order valence-corrected chi connectivity index (χ2v) is 5.03. The fourth-order valence-electron chi connectivity index (χ4n) is 2.16. The molecule has 21 heavy (non-hydrogen) atoms. The van der Waals surface area contributed by atoms with Crippen LogP contribution in [0, 0.1) is 6.92 Å². The number of carbonyl (C=O) groups excluding carboxylic acids is 1. The molecule has 0 saturated carbocycles. The van der Waals surface area contributed by atoms with Crippen molar-refractivity contribution in [1.82, 2.24) is 15.1 Å². The lowest BCUT2D eigenvalue weighted by atomic mass is 10.1. The Morgan fingerprint density at radius 3 is 2.67 bits per heavy atom. The van der Waals surface area contributed by atoms with E-state index in [4.69, 9.17) is 0 Å². The van der Waals surface area contributed by atoms with Crippen molar-refractivity contribution in [3.05, 3.63) is 58.9 Å². The number of hydrogen-bond donors (Lipinski definition) is 1. The number of amides is 1. The number of aryl methyl sites for hydroxylation is 1. The van der Waals surface area contributed by atoms with Gasteiger partial charge >= 0.3 is 0 Å². The second kappa shape index (κ2) is 6.88. The van der Waals surface area contributed by atoms with Gasteiger partial charge in [-0.2, -0.15) is 5.10 Å². The Bertz CT molecular complexity index is 629. The van der Waals surface area contributed by atoms with Crippen LogP contribution >= 0.6 is 0 Å². The molecule has 4 heteroatoms. The van der Waals surface area contributed by atoms with Gasteiger partial charge < -0.3 is 4.90 Å².